The maximum Gasteiger partial charge on any atom is 0.321 e. The molecular weight excluding hydrogens is 256 g/mol. The Morgan fingerprint density at radius 3 is 2.75 bits per heavy atom. The highest BCUT2D eigenvalue weighted by molar-refractivity contribution is 5.95. The first-order chi connectivity index (χ1) is 9.51. The van der Waals surface area contributed by atoms with Gasteiger partial charge >= 0.3 is 6.03 Å². The van der Waals surface area contributed by atoms with Crippen molar-refractivity contribution in [1.29, 1.82) is 0 Å². The summed E-state index contributed by atoms with van der Waals surface area (Å²) in [5.41, 5.74) is 0. The first-order valence-electron chi connectivity index (χ1n) is 7.46. The number of imide groups is 1. The topological polar surface area (TPSA) is 73.5 Å². The zero-order valence-electron chi connectivity index (χ0n) is 12.9. The Morgan fingerprint density at radius 1 is 1.35 bits per heavy atom. The number of rotatable bonds is 7. The molecule has 0 aromatic heterocycles. The first-order valence-corrected chi connectivity index (χ1v) is 7.46. The predicted molar refractivity (Wildman–Crippen MR) is 79.5 cm³/mol. The van der Waals surface area contributed by atoms with Crippen molar-refractivity contribution in [2.75, 3.05) is 39.8 Å². The van der Waals surface area contributed by atoms with E-state index in [9.17, 15) is 9.59 Å². The molecule has 1 atom stereocenters. The quantitative estimate of drug-likeness (QED) is 0.633. The molecule has 1 aliphatic rings. The number of hydrogen-bond donors (Lipinski definition) is 3. The van der Waals surface area contributed by atoms with Gasteiger partial charge in [-0.2, -0.15) is 0 Å². The van der Waals surface area contributed by atoms with Crippen LogP contribution in [0.5, 0.6) is 0 Å². The lowest BCUT2D eigenvalue weighted by Crippen LogP contribution is -2.44. The third-order valence-electron chi connectivity index (χ3n) is 3.49. The summed E-state index contributed by atoms with van der Waals surface area (Å²) >= 11 is 0. The number of likely N-dealkylation sites (tertiary alicyclic amines) is 1. The average molecular weight is 284 g/mol. The molecule has 20 heavy (non-hydrogen) atoms. The Hall–Kier alpha value is -1.14. The van der Waals surface area contributed by atoms with Crippen LogP contribution in [0.4, 0.5) is 4.79 Å². The van der Waals surface area contributed by atoms with Gasteiger partial charge in [0, 0.05) is 13.1 Å². The number of urea groups is 1. The summed E-state index contributed by atoms with van der Waals surface area (Å²) in [6.07, 6.45) is 2.02. The van der Waals surface area contributed by atoms with Crippen LogP contribution in [0.3, 0.4) is 0 Å². The molecule has 1 unspecified atom stereocenters. The van der Waals surface area contributed by atoms with Gasteiger partial charge in [0.15, 0.2) is 0 Å². The van der Waals surface area contributed by atoms with E-state index in [1.807, 2.05) is 7.05 Å². The largest absolute Gasteiger partial charge is 0.338 e. The molecule has 3 amide bonds. The Bertz CT molecular complexity index is 320. The highest BCUT2D eigenvalue weighted by Crippen LogP contribution is 2.14. The van der Waals surface area contributed by atoms with Crippen molar-refractivity contribution in [2.24, 2.45) is 11.8 Å². The Kier molecular flexibility index (Phi) is 7.54. The summed E-state index contributed by atoms with van der Waals surface area (Å²) in [5, 5.41) is 8.24. The van der Waals surface area contributed by atoms with E-state index >= 15 is 0 Å². The molecule has 116 valence electrons. The smallest absolute Gasteiger partial charge is 0.321 e. The van der Waals surface area contributed by atoms with E-state index < -0.39 is 0 Å². The summed E-state index contributed by atoms with van der Waals surface area (Å²) in [6.45, 7) is 7.92. The fraction of sp³-hybridized carbons (Fsp3) is 0.857. The van der Waals surface area contributed by atoms with E-state index in [4.69, 9.17) is 0 Å². The number of carbonyl (C=O) groups is 2. The third kappa shape index (κ3) is 6.86. The van der Waals surface area contributed by atoms with Gasteiger partial charge in [0.2, 0.25) is 5.91 Å². The number of carbonyl (C=O) groups excluding carboxylic acids is 2. The van der Waals surface area contributed by atoms with Gasteiger partial charge in [0.1, 0.15) is 0 Å². The minimum Gasteiger partial charge on any atom is -0.338 e. The Labute approximate surface area is 121 Å². The highest BCUT2D eigenvalue weighted by atomic mass is 16.2. The first kappa shape index (κ1) is 16.9. The molecule has 0 saturated carbocycles. The zero-order valence-corrected chi connectivity index (χ0v) is 12.9. The second kappa shape index (κ2) is 8.92. The monoisotopic (exact) mass is 284 g/mol. The summed E-state index contributed by atoms with van der Waals surface area (Å²) in [4.78, 5) is 25.3. The molecule has 1 rings (SSSR count). The van der Waals surface area contributed by atoms with Crippen LogP contribution >= 0.6 is 0 Å². The summed E-state index contributed by atoms with van der Waals surface area (Å²) in [6, 6.07) is -0.387. The van der Waals surface area contributed by atoms with Crippen LogP contribution in [0.25, 0.3) is 0 Å². The van der Waals surface area contributed by atoms with Crippen LogP contribution in [0.2, 0.25) is 0 Å². The molecule has 0 aromatic rings. The molecule has 0 bridgehead atoms. The molecule has 1 aliphatic heterocycles. The van der Waals surface area contributed by atoms with Crippen molar-refractivity contribution < 1.29 is 9.59 Å². The number of hydrogen-bond acceptors (Lipinski definition) is 4. The molecule has 0 spiro atoms. The second-order valence-corrected chi connectivity index (χ2v) is 5.93. The van der Waals surface area contributed by atoms with Gasteiger partial charge in [0.25, 0.3) is 0 Å². The molecule has 0 aliphatic carbocycles. The molecule has 1 saturated heterocycles. The molecule has 3 N–H and O–H groups in total. The number of amides is 3. The molecular formula is C14H28N4O2. The minimum atomic E-state index is -0.387. The predicted octanol–water partition coefficient (Wildman–Crippen LogP) is 0.400. The summed E-state index contributed by atoms with van der Waals surface area (Å²) < 4.78 is 0. The molecule has 0 radical (unpaired) electrons. The van der Waals surface area contributed by atoms with Gasteiger partial charge in [-0.1, -0.05) is 13.8 Å². The maximum atomic E-state index is 11.7. The lowest BCUT2D eigenvalue weighted by Gasteiger charge is -2.15. The fourth-order valence-electron chi connectivity index (χ4n) is 2.40. The second-order valence-electron chi connectivity index (χ2n) is 5.93. The Morgan fingerprint density at radius 2 is 2.10 bits per heavy atom. The highest BCUT2D eigenvalue weighted by Gasteiger charge is 2.23. The zero-order chi connectivity index (χ0) is 15.0. The van der Waals surface area contributed by atoms with Crippen LogP contribution in [-0.4, -0.2) is 56.6 Å². The van der Waals surface area contributed by atoms with Crippen molar-refractivity contribution in [3.05, 3.63) is 0 Å². The van der Waals surface area contributed by atoms with Crippen LogP contribution in [0.1, 0.15) is 26.7 Å². The van der Waals surface area contributed by atoms with Crippen molar-refractivity contribution in [3.63, 3.8) is 0 Å². The van der Waals surface area contributed by atoms with Gasteiger partial charge in [-0.05, 0) is 44.8 Å². The van der Waals surface area contributed by atoms with E-state index in [1.165, 1.54) is 0 Å². The molecule has 0 aromatic carbocycles. The molecule has 1 fully saturated rings. The molecule has 1 heterocycles. The van der Waals surface area contributed by atoms with Crippen molar-refractivity contribution >= 4 is 11.9 Å². The molecule has 6 nitrogen and oxygen atoms in total. The third-order valence-corrected chi connectivity index (χ3v) is 3.49. The minimum absolute atomic E-state index is 0.225. The normalized spacial score (nSPS) is 19.3. The van der Waals surface area contributed by atoms with Gasteiger partial charge in [-0.3, -0.25) is 15.0 Å². The van der Waals surface area contributed by atoms with Crippen LogP contribution in [0.15, 0.2) is 0 Å². The van der Waals surface area contributed by atoms with Gasteiger partial charge < -0.3 is 10.6 Å². The van der Waals surface area contributed by atoms with E-state index in [0.717, 1.165) is 32.5 Å². The lowest BCUT2D eigenvalue weighted by atomic mass is 10.1. The van der Waals surface area contributed by atoms with E-state index in [-0.39, 0.29) is 11.9 Å². The SMILES string of the molecule is CNCC1CCN(CC(=O)NC(=O)NCCC(C)C)C1. The number of nitrogens with one attached hydrogen (secondary N) is 3. The maximum absolute atomic E-state index is 11.7. The van der Waals surface area contributed by atoms with E-state index in [0.29, 0.717) is 24.9 Å². The Balaban J connectivity index is 2.15. The van der Waals surface area contributed by atoms with Crippen LogP contribution < -0.4 is 16.0 Å². The van der Waals surface area contributed by atoms with E-state index in [2.05, 4.69) is 34.7 Å². The number of nitrogens with zero attached hydrogens (tertiary/aromatic N) is 1. The fourth-order valence-corrected chi connectivity index (χ4v) is 2.40. The summed E-state index contributed by atoms with van der Waals surface area (Å²) in [5.74, 6) is 0.921. The van der Waals surface area contributed by atoms with Crippen LogP contribution in [0, 0.1) is 11.8 Å². The standard InChI is InChI=1S/C14H28N4O2/c1-11(2)4-6-16-14(20)17-13(19)10-18-7-5-12(9-18)8-15-3/h11-12,15H,4-10H2,1-3H3,(H2,16,17,19,20). The van der Waals surface area contributed by atoms with Gasteiger partial charge in [-0.25, -0.2) is 4.79 Å². The lowest BCUT2D eigenvalue weighted by molar-refractivity contribution is -0.120. The van der Waals surface area contributed by atoms with Gasteiger partial charge in [-0.15, -0.1) is 0 Å². The van der Waals surface area contributed by atoms with Crippen molar-refractivity contribution in [3.8, 4) is 0 Å². The average Bonchev–Trinajstić information content (AvgIpc) is 2.76. The van der Waals surface area contributed by atoms with Crippen molar-refractivity contribution in [1.82, 2.24) is 20.9 Å². The molecule has 6 heteroatoms. The van der Waals surface area contributed by atoms with Crippen molar-refractivity contribution in [2.45, 2.75) is 26.7 Å². The van der Waals surface area contributed by atoms with E-state index in [1.54, 1.807) is 0 Å². The summed E-state index contributed by atoms with van der Waals surface area (Å²) in [7, 11) is 1.94. The van der Waals surface area contributed by atoms with Gasteiger partial charge in [0.05, 0.1) is 6.54 Å². The van der Waals surface area contributed by atoms with Crippen LogP contribution in [-0.2, 0) is 4.79 Å².